The summed E-state index contributed by atoms with van der Waals surface area (Å²) in [5, 5.41) is 2.96. The van der Waals surface area contributed by atoms with E-state index in [1.54, 1.807) is 4.31 Å². The summed E-state index contributed by atoms with van der Waals surface area (Å²) in [7, 11) is -3.23. The zero-order valence-electron chi connectivity index (χ0n) is 15.0. The number of carbonyl (C=O) groups excluding carboxylic acids is 1. The molecule has 2 atom stereocenters. The summed E-state index contributed by atoms with van der Waals surface area (Å²) in [6.45, 7) is 0. The largest absolute Gasteiger partial charge is 0.416 e. The highest BCUT2D eigenvalue weighted by Gasteiger charge is 2.45. The molecule has 0 aliphatic carbocycles. The van der Waals surface area contributed by atoms with Gasteiger partial charge in [0, 0.05) is 24.5 Å². The van der Waals surface area contributed by atoms with E-state index in [2.05, 4.69) is 5.32 Å². The van der Waals surface area contributed by atoms with Gasteiger partial charge in [0.25, 0.3) is 0 Å². The summed E-state index contributed by atoms with van der Waals surface area (Å²) in [5.74, 6) is -0.160. The molecule has 3 rings (SSSR count). The Labute approximate surface area is 157 Å². The average Bonchev–Trinajstić information content (AvgIpc) is 2.85. The van der Waals surface area contributed by atoms with Gasteiger partial charge in [-0.05, 0) is 49.8 Å². The highest BCUT2D eigenvalue weighted by atomic mass is 32.2. The van der Waals surface area contributed by atoms with Gasteiger partial charge in [-0.25, -0.2) is 8.42 Å². The predicted octanol–water partition coefficient (Wildman–Crippen LogP) is 2.71. The fraction of sp³-hybridized carbons (Fsp3) is 0.611. The molecule has 0 aromatic heterocycles. The van der Waals surface area contributed by atoms with Crippen LogP contribution in [0.3, 0.4) is 0 Å². The Morgan fingerprint density at radius 2 is 1.70 bits per heavy atom. The van der Waals surface area contributed by atoms with Crippen LogP contribution in [0.1, 0.15) is 43.2 Å². The average molecular weight is 404 g/mol. The molecule has 2 unspecified atom stereocenters. The van der Waals surface area contributed by atoms with Gasteiger partial charge >= 0.3 is 6.18 Å². The van der Waals surface area contributed by atoms with Gasteiger partial charge in [-0.2, -0.15) is 17.5 Å². The number of sulfonamides is 1. The zero-order chi connectivity index (χ0) is 19.8. The molecule has 1 aromatic carbocycles. The minimum absolute atomic E-state index is 0.0550. The number of halogens is 3. The Morgan fingerprint density at radius 3 is 2.19 bits per heavy atom. The van der Waals surface area contributed by atoms with E-state index in [4.69, 9.17) is 0 Å². The molecule has 2 heterocycles. The summed E-state index contributed by atoms with van der Waals surface area (Å²) in [5.41, 5.74) is -0.0334. The molecule has 5 nitrogen and oxygen atoms in total. The van der Waals surface area contributed by atoms with E-state index in [9.17, 15) is 26.4 Å². The lowest BCUT2D eigenvalue weighted by Crippen LogP contribution is -2.52. The molecule has 27 heavy (non-hydrogen) atoms. The standard InChI is InChI=1S/C18H23F3N2O3S/c1-27(25,26)23-15-7-8-16(23)11-14(10-15)22-17(24)9-4-12-2-5-13(6-3-12)18(19,20)21/h2-3,5-6,14-16H,4,7-11H2,1H3,(H,22,24). The second-order valence-corrected chi connectivity index (χ2v) is 9.30. The SMILES string of the molecule is CS(=O)(=O)N1C2CCC1CC(NC(=O)CCc1ccc(C(F)(F)F)cc1)C2. The van der Waals surface area contributed by atoms with Crippen LogP contribution in [-0.2, 0) is 27.4 Å². The minimum atomic E-state index is -4.36. The lowest BCUT2D eigenvalue weighted by molar-refractivity contribution is -0.137. The van der Waals surface area contributed by atoms with Crippen LogP contribution in [0.25, 0.3) is 0 Å². The van der Waals surface area contributed by atoms with Crippen LogP contribution in [0, 0.1) is 0 Å². The van der Waals surface area contributed by atoms with Crippen LogP contribution in [0.4, 0.5) is 13.2 Å². The molecule has 2 bridgehead atoms. The van der Waals surface area contributed by atoms with Crippen LogP contribution in [0.5, 0.6) is 0 Å². The number of rotatable bonds is 5. The van der Waals surface area contributed by atoms with Crippen LogP contribution in [0.2, 0.25) is 0 Å². The fourth-order valence-corrected chi connectivity index (χ4v) is 5.68. The lowest BCUT2D eigenvalue weighted by Gasteiger charge is -2.37. The molecule has 0 radical (unpaired) electrons. The number of nitrogens with zero attached hydrogens (tertiary/aromatic N) is 1. The van der Waals surface area contributed by atoms with Crippen molar-refractivity contribution in [2.75, 3.05) is 6.26 Å². The Hall–Kier alpha value is -1.61. The molecule has 2 aliphatic rings. The summed E-state index contributed by atoms with van der Waals surface area (Å²) < 4.78 is 63.0. The van der Waals surface area contributed by atoms with Gasteiger partial charge in [-0.15, -0.1) is 0 Å². The van der Waals surface area contributed by atoms with Gasteiger partial charge in [-0.1, -0.05) is 12.1 Å². The maximum atomic E-state index is 12.6. The van der Waals surface area contributed by atoms with E-state index in [0.29, 0.717) is 24.8 Å². The second-order valence-electron chi connectivity index (χ2n) is 7.41. The van der Waals surface area contributed by atoms with Crippen molar-refractivity contribution in [2.24, 2.45) is 0 Å². The number of fused-ring (bicyclic) bond motifs is 2. The molecule has 9 heteroatoms. The van der Waals surface area contributed by atoms with Crippen molar-refractivity contribution in [1.82, 2.24) is 9.62 Å². The minimum Gasteiger partial charge on any atom is -0.353 e. The first-order valence-electron chi connectivity index (χ1n) is 8.98. The summed E-state index contributed by atoms with van der Waals surface area (Å²) in [6, 6.07) is 4.65. The van der Waals surface area contributed by atoms with Crippen molar-refractivity contribution in [3.63, 3.8) is 0 Å². The van der Waals surface area contributed by atoms with Crippen molar-refractivity contribution in [3.8, 4) is 0 Å². The van der Waals surface area contributed by atoms with E-state index in [1.165, 1.54) is 18.4 Å². The zero-order valence-corrected chi connectivity index (χ0v) is 15.8. The molecule has 1 N–H and O–H groups in total. The fourth-order valence-electron chi connectivity index (χ4n) is 4.21. The molecule has 0 spiro atoms. The molecule has 150 valence electrons. The highest BCUT2D eigenvalue weighted by Crippen LogP contribution is 2.37. The van der Waals surface area contributed by atoms with Gasteiger partial charge < -0.3 is 5.32 Å². The number of aryl methyl sites for hydroxylation is 1. The van der Waals surface area contributed by atoms with E-state index in [-0.39, 0.29) is 30.5 Å². The Bertz CT molecular complexity index is 779. The molecule has 2 saturated heterocycles. The number of amides is 1. The van der Waals surface area contributed by atoms with Crippen molar-refractivity contribution in [3.05, 3.63) is 35.4 Å². The molecular formula is C18H23F3N2O3S. The van der Waals surface area contributed by atoms with Crippen molar-refractivity contribution >= 4 is 15.9 Å². The van der Waals surface area contributed by atoms with Crippen molar-refractivity contribution in [2.45, 2.75) is 62.8 Å². The van der Waals surface area contributed by atoms with Crippen LogP contribution >= 0.6 is 0 Å². The van der Waals surface area contributed by atoms with Crippen LogP contribution in [0.15, 0.2) is 24.3 Å². The molecule has 1 aromatic rings. The topological polar surface area (TPSA) is 66.5 Å². The van der Waals surface area contributed by atoms with Gasteiger partial charge in [0.1, 0.15) is 0 Å². The van der Waals surface area contributed by atoms with Gasteiger partial charge in [0.05, 0.1) is 11.8 Å². The van der Waals surface area contributed by atoms with E-state index in [1.807, 2.05) is 0 Å². The first-order chi connectivity index (χ1) is 12.5. The molecule has 1 amide bonds. The quantitative estimate of drug-likeness (QED) is 0.821. The normalized spacial score (nSPS) is 26.1. The number of hydrogen-bond donors (Lipinski definition) is 1. The van der Waals surface area contributed by atoms with Crippen molar-refractivity contribution < 1.29 is 26.4 Å². The molecule has 2 aliphatic heterocycles. The van der Waals surface area contributed by atoms with Crippen molar-refractivity contribution in [1.29, 1.82) is 0 Å². The lowest BCUT2D eigenvalue weighted by atomic mass is 9.99. The third-order valence-electron chi connectivity index (χ3n) is 5.34. The third-order valence-corrected chi connectivity index (χ3v) is 6.70. The number of hydrogen-bond acceptors (Lipinski definition) is 3. The summed E-state index contributed by atoms with van der Waals surface area (Å²) in [6.07, 6.45) is 0.250. The maximum absolute atomic E-state index is 12.6. The number of benzene rings is 1. The highest BCUT2D eigenvalue weighted by molar-refractivity contribution is 7.88. The van der Waals surface area contributed by atoms with E-state index >= 15 is 0 Å². The molecule has 2 fully saturated rings. The Kier molecular flexibility index (Phi) is 5.54. The summed E-state index contributed by atoms with van der Waals surface area (Å²) in [4.78, 5) is 12.2. The Morgan fingerprint density at radius 1 is 1.15 bits per heavy atom. The number of carbonyl (C=O) groups is 1. The van der Waals surface area contributed by atoms with Crippen LogP contribution < -0.4 is 5.32 Å². The van der Waals surface area contributed by atoms with Crippen LogP contribution in [-0.4, -0.2) is 43.0 Å². The predicted molar refractivity (Wildman–Crippen MR) is 94.4 cm³/mol. The first kappa shape index (κ1) is 20.1. The molecule has 0 saturated carbocycles. The monoisotopic (exact) mass is 404 g/mol. The van der Waals surface area contributed by atoms with E-state index < -0.39 is 21.8 Å². The smallest absolute Gasteiger partial charge is 0.353 e. The van der Waals surface area contributed by atoms with Gasteiger partial charge in [-0.3, -0.25) is 4.79 Å². The van der Waals surface area contributed by atoms with Gasteiger partial charge in [0.15, 0.2) is 0 Å². The number of piperidine rings is 1. The van der Waals surface area contributed by atoms with Gasteiger partial charge in [0.2, 0.25) is 15.9 Å². The summed E-state index contributed by atoms with van der Waals surface area (Å²) >= 11 is 0. The number of nitrogens with one attached hydrogen (secondary N) is 1. The first-order valence-corrected chi connectivity index (χ1v) is 10.8. The Balaban J connectivity index is 1.49. The maximum Gasteiger partial charge on any atom is 0.416 e. The number of alkyl halides is 3. The third kappa shape index (κ3) is 4.82. The second kappa shape index (κ2) is 7.43. The molecular weight excluding hydrogens is 381 g/mol. The van der Waals surface area contributed by atoms with E-state index in [0.717, 1.165) is 25.0 Å².